The molecule has 0 saturated carbocycles. The van der Waals surface area contributed by atoms with E-state index in [9.17, 15) is 9.50 Å². The first-order valence-electron chi connectivity index (χ1n) is 13.2. The first kappa shape index (κ1) is 29.1. The van der Waals surface area contributed by atoms with Gasteiger partial charge in [0.1, 0.15) is 6.67 Å². The molecule has 0 amide bonds. The highest BCUT2D eigenvalue weighted by molar-refractivity contribution is 5.65. The Morgan fingerprint density at radius 2 is 2.06 bits per heavy atom. The standard InChI is InChI=1S/C29H47FN4O/c1-8-14-32(21-26(11-10-13-30)23(5)9-2)15-12-24(6)34-17-16-33(20-25(34)7)29-28(35)18-27(19-31-29)22(3)4/h10-11,18-19,24-25,35H,3,8-9,12-17,20-21H2,1-2,4-7H3/b11-10-,26-23+. The summed E-state index contributed by atoms with van der Waals surface area (Å²) in [5, 5.41) is 10.5. The van der Waals surface area contributed by atoms with Crippen molar-refractivity contribution < 1.29 is 9.50 Å². The lowest BCUT2D eigenvalue weighted by Gasteiger charge is -2.44. The van der Waals surface area contributed by atoms with Crippen molar-refractivity contribution in [2.45, 2.75) is 72.9 Å². The lowest BCUT2D eigenvalue weighted by atomic mass is 10.0. The lowest BCUT2D eigenvalue weighted by Crippen LogP contribution is -2.55. The summed E-state index contributed by atoms with van der Waals surface area (Å²) in [6, 6.07) is 2.59. The third kappa shape index (κ3) is 8.46. The number of aromatic nitrogens is 1. The first-order chi connectivity index (χ1) is 16.7. The van der Waals surface area contributed by atoms with E-state index in [4.69, 9.17) is 0 Å². The van der Waals surface area contributed by atoms with Crippen LogP contribution in [0.15, 0.2) is 42.1 Å². The van der Waals surface area contributed by atoms with Crippen molar-refractivity contribution in [3.63, 3.8) is 0 Å². The second kappa shape index (κ2) is 14.4. The van der Waals surface area contributed by atoms with Gasteiger partial charge in [0.05, 0.1) is 0 Å². The molecule has 1 saturated heterocycles. The third-order valence-corrected chi connectivity index (χ3v) is 7.17. The fraction of sp³-hybridized carbons (Fsp3) is 0.621. The maximum absolute atomic E-state index is 12.8. The van der Waals surface area contributed by atoms with E-state index in [1.54, 1.807) is 18.3 Å². The normalized spacial score (nSPS) is 18.9. The van der Waals surface area contributed by atoms with Crippen LogP contribution in [0.3, 0.4) is 0 Å². The molecule has 1 aromatic heterocycles. The number of nitrogens with zero attached hydrogens (tertiary/aromatic N) is 4. The number of allylic oxidation sites excluding steroid dienone is 3. The number of rotatable bonds is 13. The van der Waals surface area contributed by atoms with Gasteiger partial charge in [0.15, 0.2) is 11.6 Å². The Labute approximate surface area is 213 Å². The highest BCUT2D eigenvalue weighted by Crippen LogP contribution is 2.30. The topological polar surface area (TPSA) is 42.8 Å². The number of aromatic hydroxyl groups is 1. The lowest BCUT2D eigenvalue weighted by molar-refractivity contribution is 0.121. The molecule has 2 unspecified atom stereocenters. The summed E-state index contributed by atoms with van der Waals surface area (Å²) in [4.78, 5) is 11.8. The molecule has 1 aliphatic heterocycles. The Hall–Kier alpha value is -2.18. The largest absolute Gasteiger partial charge is 0.504 e. The molecule has 0 aliphatic carbocycles. The number of hydrogen-bond donors (Lipinski definition) is 1. The Morgan fingerprint density at radius 1 is 1.31 bits per heavy atom. The highest BCUT2D eigenvalue weighted by atomic mass is 19.1. The van der Waals surface area contributed by atoms with Crippen molar-refractivity contribution in [3.05, 3.63) is 47.7 Å². The molecule has 5 nitrogen and oxygen atoms in total. The fourth-order valence-electron chi connectivity index (χ4n) is 4.85. The minimum Gasteiger partial charge on any atom is -0.504 e. The summed E-state index contributed by atoms with van der Waals surface area (Å²) >= 11 is 0. The molecule has 1 aromatic rings. The highest BCUT2D eigenvalue weighted by Gasteiger charge is 2.29. The molecule has 35 heavy (non-hydrogen) atoms. The van der Waals surface area contributed by atoms with Crippen LogP contribution in [-0.4, -0.2) is 77.9 Å². The summed E-state index contributed by atoms with van der Waals surface area (Å²) < 4.78 is 12.8. The van der Waals surface area contributed by atoms with Crippen molar-refractivity contribution in [1.82, 2.24) is 14.8 Å². The van der Waals surface area contributed by atoms with Gasteiger partial charge >= 0.3 is 0 Å². The molecule has 2 atom stereocenters. The van der Waals surface area contributed by atoms with Crippen molar-refractivity contribution in [2.75, 3.05) is 50.8 Å². The Bertz CT molecular complexity index is 881. The number of alkyl halides is 1. The number of halogens is 1. The molecule has 1 aliphatic rings. The molecule has 0 radical (unpaired) electrons. The Kier molecular flexibility index (Phi) is 12.0. The van der Waals surface area contributed by atoms with Crippen LogP contribution in [0.1, 0.15) is 66.4 Å². The summed E-state index contributed by atoms with van der Waals surface area (Å²) in [5.74, 6) is 0.887. The van der Waals surface area contributed by atoms with Crippen LogP contribution >= 0.6 is 0 Å². The second-order valence-corrected chi connectivity index (χ2v) is 10.0. The van der Waals surface area contributed by atoms with Crippen LogP contribution in [0.25, 0.3) is 5.57 Å². The van der Waals surface area contributed by atoms with E-state index in [0.29, 0.717) is 17.9 Å². The Morgan fingerprint density at radius 3 is 2.63 bits per heavy atom. The van der Waals surface area contributed by atoms with Crippen LogP contribution in [-0.2, 0) is 0 Å². The molecule has 1 fully saturated rings. The first-order valence-corrected chi connectivity index (χ1v) is 13.2. The maximum atomic E-state index is 12.8. The monoisotopic (exact) mass is 486 g/mol. The average molecular weight is 487 g/mol. The van der Waals surface area contributed by atoms with Crippen molar-refractivity contribution in [1.29, 1.82) is 0 Å². The molecular weight excluding hydrogens is 439 g/mol. The predicted molar refractivity (Wildman–Crippen MR) is 148 cm³/mol. The predicted octanol–water partition coefficient (Wildman–Crippen LogP) is 6.07. The maximum Gasteiger partial charge on any atom is 0.171 e. The van der Waals surface area contributed by atoms with Gasteiger partial charge in [-0.05, 0) is 82.8 Å². The van der Waals surface area contributed by atoms with E-state index < -0.39 is 6.67 Å². The molecule has 196 valence electrons. The average Bonchev–Trinajstić information content (AvgIpc) is 2.84. The van der Waals surface area contributed by atoms with Gasteiger partial charge in [-0.3, -0.25) is 9.80 Å². The van der Waals surface area contributed by atoms with Gasteiger partial charge < -0.3 is 10.0 Å². The van der Waals surface area contributed by atoms with E-state index in [1.165, 1.54) is 11.1 Å². The minimum absolute atomic E-state index is 0.224. The van der Waals surface area contributed by atoms with Gasteiger partial charge in [-0.2, -0.15) is 0 Å². The van der Waals surface area contributed by atoms with E-state index in [-0.39, 0.29) is 5.75 Å². The molecule has 1 N–H and O–H groups in total. The van der Waals surface area contributed by atoms with Gasteiger partial charge in [0.25, 0.3) is 0 Å². The Balaban J connectivity index is 1.98. The van der Waals surface area contributed by atoms with E-state index in [2.05, 4.69) is 60.9 Å². The molecule has 0 bridgehead atoms. The molecule has 0 spiro atoms. The molecular formula is C29H47FN4O. The van der Waals surface area contributed by atoms with E-state index in [0.717, 1.165) is 69.7 Å². The molecule has 2 rings (SSSR count). The summed E-state index contributed by atoms with van der Waals surface area (Å²) in [5.41, 5.74) is 4.35. The molecule has 0 aromatic carbocycles. The SMILES string of the molecule is C=C(C)c1cnc(N2CCN(C(C)CCN(CCC)CC(/C=C\CF)=C(\C)CC)C(C)C2)c(O)c1. The van der Waals surface area contributed by atoms with Crippen molar-refractivity contribution in [2.24, 2.45) is 0 Å². The van der Waals surface area contributed by atoms with Gasteiger partial charge in [-0.15, -0.1) is 0 Å². The fourth-order valence-corrected chi connectivity index (χ4v) is 4.85. The van der Waals surface area contributed by atoms with Crippen molar-refractivity contribution in [3.8, 4) is 5.75 Å². The van der Waals surface area contributed by atoms with Gasteiger partial charge in [-0.1, -0.05) is 38.2 Å². The number of piperazine rings is 1. The minimum atomic E-state index is -0.416. The number of hydrogen-bond acceptors (Lipinski definition) is 5. The molecule has 6 heteroatoms. The molecule has 2 heterocycles. The summed E-state index contributed by atoms with van der Waals surface area (Å²) in [6.07, 6.45) is 8.58. The van der Waals surface area contributed by atoms with Gasteiger partial charge in [-0.25, -0.2) is 9.37 Å². The summed E-state index contributed by atoms with van der Waals surface area (Å²) in [7, 11) is 0. The second-order valence-electron chi connectivity index (χ2n) is 10.0. The van der Waals surface area contributed by atoms with Crippen LogP contribution in [0.4, 0.5) is 10.2 Å². The zero-order valence-electron chi connectivity index (χ0n) is 22.9. The van der Waals surface area contributed by atoms with Crippen LogP contribution in [0.2, 0.25) is 0 Å². The van der Waals surface area contributed by atoms with Gasteiger partial charge in [0, 0.05) is 44.5 Å². The van der Waals surface area contributed by atoms with Crippen LogP contribution in [0, 0.1) is 0 Å². The van der Waals surface area contributed by atoms with Crippen LogP contribution < -0.4 is 4.90 Å². The van der Waals surface area contributed by atoms with Crippen LogP contribution in [0.5, 0.6) is 5.75 Å². The smallest absolute Gasteiger partial charge is 0.171 e. The zero-order chi connectivity index (χ0) is 26.0. The van der Waals surface area contributed by atoms with Crippen molar-refractivity contribution >= 4 is 11.4 Å². The van der Waals surface area contributed by atoms with E-state index in [1.807, 2.05) is 13.0 Å². The third-order valence-electron chi connectivity index (χ3n) is 7.17. The zero-order valence-corrected chi connectivity index (χ0v) is 22.9. The van der Waals surface area contributed by atoms with E-state index >= 15 is 0 Å². The number of pyridine rings is 1. The quantitative estimate of drug-likeness (QED) is 0.343. The van der Waals surface area contributed by atoms with Gasteiger partial charge in [0.2, 0.25) is 0 Å². The summed E-state index contributed by atoms with van der Waals surface area (Å²) in [6.45, 7) is 22.1. The number of anilines is 1.